The van der Waals surface area contributed by atoms with E-state index in [-0.39, 0.29) is 0 Å². The van der Waals surface area contributed by atoms with Crippen molar-refractivity contribution in [2.45, 2.75) is 22.8 Å². The Morgan fingerprint density at radius 2 is 1.89 bits per heavy atom. The highest BCUT2D eigenvalue weighted by atomic mass is 79.9. The van der Waals surface area contributed by atoms with Crippen molar-refractivity contribution < 1.29 is 0 Å². The molecule has 19 heavy (non-hydrogen) atoms. The summed E-state index contributed by atoms with van der Waals surface area (Å²) < 4.78 is 2.24. The van der Waals surface area contributed by atoms with Gasteiger partial charge >= 0.3 is 0 Å². The molecule has 0 radical (unpaired) electrons. The number of rotatable bonds is 4. The van der Waals surface area contributed by atoms with Crippen molar-refractivity contribution in [2.24, 2.45) is 0 Å². The standard InChI is InChI=1S/C15H15Br2NS/c1-10(18-2)11-6-7-15(14(17)8-11)19-13-5-3-4-12(16)9-13/h3-10,18H,1-2H3. The van der Waals surface area contributed by atoms with Gasteiger partial charge in [-0.2, -0.15) is 0 Å². The molecule has 0 aliphatic rings. The molecular weight excluding hydrogens is 386 g/mol. The quantitative estimate of drug-likeness (QED) is 0.712. The maximum absolute atomic E-state index is 3.66. The van der Waals surface area contributed by atoms with Crippen LogP contribution in [0.15, 0.2) is 61.2 Å². The van der Waals surface area contributed by atoms with Crippen LogP contribution in [0, 0.1) is 0 Å². The fourth-order valence-corrected chi connectivity index (χ4v) is 3.76. The Labute approximate surface area is 135 Å². The molecule has 2 aromatic carbocycles. The molecule has 4 heteroatoms. The van der Waals surface area contributed by atoms with Crippen molar-refractivity contribution in [2.75, 3.05) is 7.05 Å². The van der Waals surface area contributed by atoms with Gasteiger partial charge in [0.2, 0.25) is 0 Å². The first-order valence-corrected chi connectivity index (χ1v) is 8.40. The van der Waals surface area contributed by atoms with Crippen LogP contribution in [0.3, 0.4) is 0 Å². The minimum absolute atomic E-state index is 0.362. The summed E-state index contributed by atoms with van der Waals surface area (Å²) in [6, 6.07) is 15.2. The lowest BCUT2D eigenvalue weighted by Gasteiger charge is -2.13. The summed E-state index contributed by atoms with van der Waals surface area (Å²) >= 11 is 8.92. The maximum atomic E-state index is 3.66. The molecule has 0 amide bonds. The summed E-state index contributed by atoms with van der Waals surface area (Å²) in [5.74, 6) is 0. The second-order valence-corrected chi connectivity index (χ2v) is 7.15. The fraction of sp³-hybridized carbons (Fsp3) is 0.200. The highest BCUT2D eigenvalue weighted by molar-refractivity contribution is 9.10. The van der Waals surface area contributed by atoms with E-state index in [9.17, 15) is 0 Å². The van der Waals surface area contributed by atoms with Gasteiger partial charge in [0, 0.05) is 24.8 Å². The van der Waals surface area contributed by atoms with Crippen molar-refractivity contribution in [3.05, 3.63) is 57.0 Å². The van der Waals surface area contributed by atoms with Gasteiger partial charge in [0.15, 0.2) is 0 Å². The van der Waals surface area contributed by atoms with Gasteiger partial charge in [-0.1, -0.05) is 39.8 Å². The van der Waals surface area contributed by atoms with Gasteiger partial charge in [-0.25, -0.2) is 0 Å². The average molecular weight is 401 g/mol. The summed E-state index contributed by atoms with van der Waals surface area (Å²) in [5.41, 5.74) is 1.29. The van der Waals surface area contributed by atoms with E-state index in [4.69, 9.17) is 0 Å². The van der Waals surface area contributed by atoms with Crippen LogP contribution in [-0.2, 0) is 0 Å². The van der Waals surface area contributed by atoms with Crippen LogP contribution in [-0.4, -0.2) is 7.05 Å². The Morgan fingerprint density at radius 1 is 1.11 bits per heavy atom. The Hall–Kier alpha value is -0.290. The Balaban J connectivity index is 2.22. The Kier molecular flexibility index (Phi) is 5.51. The van der Waals surface area contributed by atoms with E-state index in [2.05, 4.69) is 80.5 Å². The van der Waals surface area contributed by atoms with Crippen molar-refractivity contribution in [1.82, 2.24) is 5.32 Å². The van der Waals surface area contributed by atoms with Gasteiger partial charge in [-0.15, -0.1) is 0 Å². The second kappa shape index (κ2) is 6.93. The first kappa shape index (κ1) is 15.1. The molecule has 1 N–H and O–H groups in total. The number of halogens is 2. The summed E-state index contributed by atoms with van der Waals surface area (Å²) in [7, 11) is 1.97. The lowest BCUT2D eigenvalue weighted by atomic mass is 10.1. The largest absolute Gasteiger partial charge is 0.313 e. The lowest BCUT2D eigenvalue weighted by Crippen LogP contribution is -2.12. The molecule has 1 unspecified atom stereocenters. The molecule has 2 rings (SSSR count). The third kappa shape index (κ3) is 4.09. The molecule has 2 aromatic rings. The van der Waals surface area contributed by atoms with Crippen LogP contribution in [0.4, 0.5) is 0 Å². The number of hydrogen-bond donors (Lipinski definition) is 1. The molecule has 0 saturated heterocycles. The predicted octanol–water partition coefficient (Wildman–Crippen LogP) is 5.64. The molecule has 0 heterocycles. The zero-order chi connectivity index (χ0) is 13.8. The number of hydrogen-bond acceptors (Lipinski definition) is 2. The molecule has 0 aromatic heterocycles. The van der Waals surface area contributed by atoms with Gasteiger partial charge in [-0.05, 0) is 65.8 Å². The number of benzene rings is 2. The summed E-state index contributed by atoms with van der Waals surface area (Å²) in [6.07, 6.45) is 0. The monoisotopic (exact) mass is 399 g/mol. The van der Waals surface area contributed by atoms with Crippen LogP contribution in [0.5, 0.6) is 0 Å². The highest BCUT2D eigenvalue weighted by Gasteiger charge is 2.07. The van der Waals surface area contributed by atoms with Gasteiger partial charge in [0.05, 0.1) is 0 Å². The van der Waals surface area contributed by atoms with Gasteiger partial charge in [0.1, 0.15) is 0 Å². The predicted molar refractivity (Wildman–Crippen MR) is 89.9 cm³/mol. The lowest BCUT2D eigenvalue weighted by molar-refractivity contribution is 0.651. The van der Waals surface area contributed by atoms with E-state index < -0.39 is 0 Å². The first-order chi connectivity index (χ1) is 9.10. The topological polar surface area (TPSA) is 12.0 Å². The third-order valence-electron chi connectivity index (χ3n) is 2.91. The van der Waals surface area contributed by atoms with Crippen LogP contribution >= 0.6 is 43.6 Å². The SMILES string of the molecule is CNC(C)c1ccc(Sc2cccc(Br)c2)c(Br)c1. The van der Waals surface area contributed by atoms with E-state index in [0.29, 0.717) is 6.04 Å². The number of nitrogens with one attached hydrogen (secondary N) is 1. The smallest absolute Gasteiger partial charge is 0.0318 e. The summed E-state index contributed by atoms with van der Waals surface area (Å²) in [5, 5.41) is 3.25. The molecule has 0 saturated carbocycles. The molecule has 0 fully saturated rings. The van der Waals surface area contributed by atoms with E-state index in [1.54, 1.807) is 11.8 Å². The maximum Gasteiger partial charge on any atom is 0.0318 e. The van der Waals surface area contributed by atoms with Gasteiger partial charge in [-0.3, -0.25) is 0 Å². The zero-order valence-electron chi connectivity index (χ0n) is 10.8. The van der Waals surface area contributed by atoms with Crippen molar-refractivity contribution >= 4 is 43.6 Å². The molecule has 1 nitrogen and oxygen atoms in total. The van der Waals surface area contributed by atoms with Crippen molar-refractivity contribution in [3.8, 4) is 0 Å². The first-order valence-electron chi connectivity index (χ1n) is 6.00. The van der Waals surface area contributed by atoms with Gasteiger partial charge < -0.3 is 5.32 Å². The Bertz CT molecular complexity index is 572. The molecule has 100 valence electrons. The highest BCUT2D eigenvalue weighted by Crippen LogP contribution is 2.35. The average Bonchev–Trinajstić information content (AvgIpc) is 2.40. The van der Waals surface area contributed by atoms with E-state index >= 15 is 0 Å². The van der Waals surface area contributed by atoms with Crippen LogP contribution in [0.2, 0.25) is 0 Å². The molecule has 0 bridgehead atoms. The van der Waals surface area contributed by atoms with E-state index in [0.717, 1.165) is 8.95 Å². The van der Waals surface area contributed by atoms with E-state index in [1.165, 1.54) is 15.4 Å². The van der Waals surface area contributed by atoms with Crippen LogP contribution < -0.4 is 5.32 Å². The van der Waals surface area contributed by atoms with E-state index in [1.807, 2.05) is 13.1 Å². The second-order valence-electron chi connectivity index (χ2n) is 4.26. The van der Waals surface area contributed by atoms with Crippen molar-refractivity contribution in [1.29, 1.82) is 0 Å². The minimum atomic E-state index is 0.362. The zero-order valence-corrected chi connectivity index (χ0v) is 14.8. The van der Waals surface area contributed by atoms with Gasteiger partial charge in [0.25, 0.3) is 0 Å². The summed E-state index contributed by atoms with van der Waals surface area (Å²) in [6.45, 7) is 2.16. The molecule has 1 atom stereocenters. The molecular formula is C15H15Br2NS. The Morgan fingerprint density at radius 3 is 2.53 bits per heavy atom. The van der Waals surface area contributed by atoms with Crippen LogP contribution in [0.25, 0.3) is 0 Å². The third-order valence-corrected chi connectivity index (χ3v) is 5.39. The molecule has 0 aliphatic heterocycles. The molecule has 0 aliphatic carbocycles. The fourth-order valence-electron chi connectivity index (χ4n) is 1.69. The normalized spacial score (nSPS) is 12.4. The van der Waals surface area contributed by atoms with Crippen molar-refractivity contribution in [3.63, 3.8) is 0 Å². The van der Waals surface area contributed by atoms with Crippen LogP contribution in [0.1, 0.15) is 18.5 Å². The molecule has 0 spiro atoms. The minimum Gasteiger partial charge on any atom is -0.313 e. The summed E-state index contributed by atoms with van der Waals surface area (Å²) in [4.78, 5) is 2.45.